The summed E-state index contributed by atoms with van der Waals surface area (Å²) in [5.74, 6) is -0.260. The van der Waals surface area contributed by atoms with Crippen molar-refractivity contribution in [2.24, 2.45) is 0 Å². The van der Waals surface area contributed by atoms with Gasteiger partial charge in [-0.05, 0) is 30.7 Å². The first-order chi connectivity index (χ1) is 10.1. The number of anilines is 1. The van der Waals surface area contributed by atoms with Crippen LogP contribution in [0.3, 0.4) is 0 Å². The molecule has 0 bridgehead atoms. The molecule has 104 valence electrons. The molecule has 3 aromatic rings. The number of pyridine rings is 1. The molecule has 2 aromatic heterocycles. The largest absolute Gasteiger partial charge is 0.321 e. The number of para-hydroxylation sites is 1. The van der Waals surface area contributed by atoms with E-state index in [0.717, 1.165) is 5.56 Å². The van der Waals surface area contributed by atoms with Gasteiger partial charge in [0, 0.05) is 12.4 Å². The molecule has 21 heavy (non-hydrogen) atoms. The van der Waals surface area contributed by atoms with Crippen molar-refractivity contribution in [3.8, 4) is 0 Å². The maximum atomic E-state index is 12.4. The highest BCUT2D eigenvalue weighted by atomic mass is 35.5. The quantitative estimate of drug-likeness (QED) is 0.738. The Bertz CT molecular complexity index is 830. The molecule has 3 rings (SSSR count). The highest BCUT2D eigenvalue weighted by Crippen LogP contribution is 2.19. The standard InChI is InChI=1S/C15H11ClN4O/c1-9-7-10(8-19-14(9)16)20-15(21)11-3-2-4-12-13(11)18-6-5-17-12/h2-8H,1H3,(H,20,21). The van der Waals surface area contributed by atoms with Gasteiger partial charge >= 0.3 is 0 Å². The Balaban J connectivity index is 1.95. The maximum Gasteiger partial charge on any atom is 0.257 e. The number of benzene rings is 1. The highest BCUT2D eigenvalue weighted by molar-refractivity contribution is 6.30. The summed E-state index contributed by atoms with van der Waals surface area (Å²) in [7, 11) is 0. The van der Waals surface area contributed by atoms with E-state index in [2.05, 4.69) is 20.3 Å². The van der Waals surface area contributed by atoms with E-state index in [0.29, 0.717) is 27.4 Å². The van der Waals surface area contributed by atoms with Crippen LogP contribution in [0.5, 0.6) is 0 Å². The molecule has 0 unspecified atom stereocenters. The van der Waals surface area contributed by atoms with E-state index < -0.39 is 0 Å². The summed E-state index contributed by atoms with van der Waals surface area (Å²) in [6, 6.07) is 7.07. The molecule has 2 heterocycles. The zero-order valence-electron chi connectivity index (χ0n) is 11.2. The molecule has 0 atom stereocenters. The molecule has 1 amide bonds. The van der Waals surface area contributed by atoms with Crippen LogP contribution in [0.2, 0.25) is 5.15 Å². The molecule has 0 radical (unpaired) electrons. The lowest BCUT2D eigenvalue weighted by Crippen LogP contribution is -2.13. The molecule has 0 aliphatic rings. The second-order valence-electron chi connectivity index (χ2n) is 4.52. The number of rotatable bonds is 2. The summed E-state index contributed by atoms with van der Waals surface area (Å²) in [5, 5.41) is 3.21. The Hall–Kier alpha value is -2.53. The van der Waals surface area contributed by atoms with Gasteiger partial charge in [0.15, 0.2) is 0 Å². The van der Waals surface area contributed by atoms with Crippen LogP contribution in [0.1, 0.15) is 15.9 Å². The van der Waals surface area contributed by atoms with E-state index in [1.165, 1.54) is 6.20 Å². The number of hydrogen-bond acceptors (Lipinski definition) is 4. The minimum atomic E-state index is -0.260. The van der Waals surface area contributed by atoms with Gasteiger partial charge in [0.2, 0.25) is 0 Å². The van der Waals surface area contributed by atoms with Gasteiger partial charge < -0.3 is 5.32 Å². The number of aryl methyl sites for hydroxylation is 1. The van der Waals surface area contributed by atoms with Gasteiger partial charge in [0.05, 0.1) is 23.0 Å². The molecule has 0 aliphatic heterocycles. The number of fused-ring (bicyclic) bond motifs is 1. The van der Waals surface area contributed by atoms with Gasteiger partial charge in [-0.3, -0.25) is 14.8 Å². The molecule has 0 saturated heterocycles. The lowest BCUT2D eigenvalue weighted by atomic mass is 10.1. The van der Waals surface area contributed by atoms with Crippen LogP contribution >= 0.6 is 11.6 Å². The van der Waals surface area contributed by atoms with E-state index in [1.54, 1.807) is 30.6 Å². The molecule has 1 N–H and O–H groups in total. The van der Waals surface area contributed by atoms with E-state index in [1.807, 2.05) is 13.0 Å². The number of halogens is 1. The van der Waals surface area contributed by atoms with E-state index in [-0.39, 0.29) is 5.91 Å². The summed E-state index contributed by atoms with van der Waals surface area (Å²) in [6.45, 7) is 1.83. The molecular formula is C15H11ClN4O. The SMILES string of the molecule is Cc1cc(NC(=O)c2cccc3nccnc23)cnc1Cl. The monoisotopic (exact) mass is 298 g/mol. The first kappa shape index (κ1) is 13.5. The fraction of sp³-hybridized carbons (Fsp3) is 0.0667. The zero-order valence-corrected chi connectivity index (χ0v) is 11.9. The Morgan fingerprint density at radius 1 is 1.19 bits per heavy atom. The Morgan fingerprint density at radius 3 is 2.81 bits per heavy atom. The maximum absolute atomic E-state index is 12.4. The Labute approximate surface area is 126 Å². The Kier molecular flexibility index (Phi) is 3.50. The molecule has 1 aromatic carbocycles. The highest BCUT2D eigenvalue weighted by Gasteiger charge is 2.12. The summed E-state index contributed by atoms with van der Waals surface area (Å²) in [6.07, 6.45) is 4.67. The minimum absolute atomic E-state index is 0.260. The average molecular weight is 299 g/mol. The van der Waals surface area contributed by atoms with Crippen molar-refractivity contribution in [2.75, 3.05) is 5.32 Å². The smallest absolute Gasteiger partial charge is 0.257 e. The number of nitrogens with zero attached hydrogens (tertiary/aromatic N) is 3. The zero-order chi connectivity index (χ0) is 14.8. The molecular weight excluding hydrogens is 288 g/mol. The number of nitrogens with one attached hydrogen (secondary N) is 1. The van der Waals surface area contributed by atoms with Crippen LogP contribution < -0.4 is 5.32 Å². The van der Waals surface area contributed by atoms with Crippen LogP contribution in [-0.2, 0) is 0 Å². The van der Waals surface area contributed by atoms with Gasteiger partial charge in [0.25, 0.3) is 5.91 Å². The van der Waals surface area contributed by atoms with Crippen molar-refractivity contribution in [3.63, 3.8) is 0 Å². The molecule has 0 saturated carbocycles. The third-order valence-electron chi connectivity index (χ3n) is 3.02. The molecule has 6 heteroatoms. The summed E-state index contributed by atoms with van der Waals surface area (Å²) in [4.78, 5) is 24.8. The topological polar surface area (TPSA) is 67.8 Å². The van der Waals surface area contributed by atoms with Gasteiger partial charge in [-0.1, -0.05) is 17.7 Å². The van der Waals surface area contributed by atoms with Crippen molar-refractivity contribution in [1.29, 1.82) is 0 Å². The van der Waals surface area contributed by atoms with E-state index in [4.69, 9.17) is 11.6 Å². The second kappa shape index (κ2) is 5.46. The molecule has 0 spiro atoms. The molecule has 0 aliphatic carbocycles. The van der Waals surface area contributed by atoms with E-state index >= 15 is 0 Å². The summed E-state index contributed by atoms with van der Waals surface area (Å²) in [5.41, 5.74) is 3.09. The lowest BCUT2D eigenvalue weighted by Gasteiger charge is -2.08. The number of aromatic nitrogens is 3. The minimum Gasteiger partial charge on any atom is -0.321 e. The normalized spacial score (nSPS) is 10.6. The fourth-order valence-corrected chi connectivity index (χ4v) is 2.10. The summed E-state index contributed by atoms with van der Waals surface area (Å²) >= 11 is 5.87. The van der Waals surface area contributed by atoms with Crippen LogP contribution in [0.15, 0.2) is 42.9 Å². The van der Waals surface area contributed by atoms with Crippen molar-refractivity contribution in [1.82, 2.24) is 15.0 Å². The van der Waals surface area contributed by atoms with Crippen LogP contribution in [-0.4, -0.2) is 20.9 Å². The lowest BCUT2D eigenvalue weighted by molar-refractivity contribution is 0.102. The van der Waals surface area contributed by atoms with Crippen molar-refractivity contribution < 1.29 is 4.79 Å². The fourth-order valence-electron chi connectivity index (χ4n) is 2.00. The van der Waals surface area contributed by atoms with Gasteiger partial charge in [-0.25, -0.2) is 4.98 Å². The first-order valence-corrected chi connectivity index (χ1v) is 6.66. The van der Waals surface area contributed by atoms with Gasteiger partial charge in [0.1, 0.15) is 10.7 Å². The average Bonchev–Trinajstić information content (AvgIpc) is 2.50. The molecule has 5 nitrogen and oxygen atoms in total. The van der Waals surface area contributed by atoms with E-state index in [9.17, 15) is 4.79 Å². The van der Waals surface area contributed by atoms with Gasteiger partial charge in [-0.15, -0.1) is 0 Å². The summed E-state index contributed by atoms with van der Waals surface area (Å²) < 4.78 is 0. The van der Waals surface area contributed by atoms with Crippen LogP contribution in [0.25, 0.3) is 11.0 Å². The third-order valence-corrected chi connectivity index (χ3v) is 3.41. The Morgan fingerprint density at radius 2 is 2.00 bits per heavy atom. The number of amides is 1. The van der Waals surface area contributed by atoms with Crippen molar-refractivity contribution in [3.05, 3.63) is 59.1 Å². The van der Waals surface area contributed by atoms with Crippen molar-refractivity contribution in [2.45, 2.75) is 6.92 Å². The first-order valence-electron chi connectivity index (χ1n) is 6.28. The number of hydrogen-bond donors (Lipinski definition) is 1. The molecule has 0 fully saturated rings. The number of carbonyl (C=O) groups is 1. The second-order valence-corrected chi connectivity index (χ2v) is 4.87. The van der Waals surface area contributed by atoms with Crippen LogP contribution in [0, 0.1) is 6.92 Å². The third kappa shape index (κ3) is 2.68. The van der Waals surface area contributed by atoms with Crippen LogP contribution in [0.4, 0.5) is 5.69 Å². The van der Waals surface area contributed by atoms with Crippen molar-refractivity contribution >= 4 is 34.2 Å². The predicted molar refractivity (Wildman–Crippen MR) is 81.5 cm³/mol. The predicted octanol–water partition coefficient (Wildman–Crippen LogP) is 3.24. The van der Waals surface area contributed by atoms with Gasteiger partial charge in [-0.2, -0.15) is 0 Å². The number of carbonyl (C=O) groups excluding carboxylic acids is 1.